The quantitative estimate of drug-likeness (QED) is 0.623. The first kappa shape index (κ1) is 21.3. The lowest BCUT2D eigenvalue weighted by Gasteiger charge is -2.35. The Morgan fingerprint density at radius 3 is 2.32 bits per heavy atom. The van der Waals surface area contributed by atoms with Crippen LogP contribution in [0.25, 0.3) is 5.70 Å². The zero-order chi connectivity index (χ0) is 20.9. The average molecular weight is 401 g/mol. The van der Waals surface area contributed by atoms with Gasteiger partial charge in [-0.15, -0.1) is 0 Å². The molecule has 0 fully saturated rings. The highest BCUT2D eigenvalue weighted by Gasteiger charge is 2.43. The second-order valence-electron chi connectivity index (χ2n) is 5.54. The fourth-order valence-electron chi connectivity index (χ4n) is 2.51. The van der Waals surface area contributed by atoms with E-state index in [1.54, 1.807) is 13.8 Å². The van der Waals surface area contributed by atoms with E-state index in [0.29, 0.717) is 0 Å². The SMILES string of the molecule is CCOC(=O)CN1C(=O)C(OCC(F)(F)F)=C1c1ccccc1C(=O)OCC. The molecule has 0 unspecified atom stereocenters. The van der Waals surface area contributed by atoms with Crippen LogP contribution < -0.4 is 0 Å². The summed E-state index contributed by atoms with van der Waals surface area (Å²) in [6, 6.07) is 5.87. The lowest BCUT2D eigenvalue weighted by atomic mass is 9.97. The van der Waals surface area contributed by atoms with Crippen LogP contribution in [0.2, 0.25) is 0 Å². The number of rotatable bonds is 8. The van der Waals surface area contributed by atoms with E-state index in [1.165, 1.54) is 24.3 Å². The van der Waals surface area contributed by atoms with Crippen molar-refractivity contribution >= 4 is 23.5 Å². The number of carbonyl (C=O) groups excluding carboxylic acids is 3. The molecule has 0 saturated heterocycles. The third-order valence-electron chi connectivity index (χ3n) is 3.57. The topological polar surface area (TPSA) is 82.1 Å². The normalized spacial score (nSPS) is 13.9. The molecule has 1 aliphatic rings. The fourth-order valence-corrected chi connectivity index (χ4v) is 2.51. The Morgan fingerprint density at radius 1 is 1.07 bits per heavy atom. The minimum absolute atomic E-state index is 0.0221. The molecule has 1 heterocycles. The fraction of sp³-hybridized carbons (Fsp3) is 0.389. The molecule has 0 spiro atoms. The highest BCUT2D eigenvalue weighted by molar-refractivity contribution is 6.15. The number of benzene rings is 1. The van der Waals surface area contributed by atoms with Gasteiger partial charge < -0.3 is 14.2 Å². The van der Waals surface area contributed by atoms with Crippen molar-refractivity contribution in [1.29, 1.82) is 0 Å². The first-order valence-corrected chi connectivity index (χ1v) is 8.37. The van der Waals surface area contributed by atoms with Crippen molar-refractivity contribution < 1.29 is 41.8 Å². The van der Waals surface area contributed by atoms with E-state index in [1.807, 2.05) is 0 Å². The van der Waals surface area contributed by atoms with Crippen molar-refractivity contribution in [3.63, 3.8) is 0 Å². The molecule has 0 radical (unpaired) electrons. The monoisotopic (exact) mass is 401 g/mol. The minimum Gasteiger partial charge on any atom is -0.477 e. The molecule has 1 aliphatic heterocycles. The van der Waals surface area contributed by atoms with Crippen molar-refractivity contribution in [2.24, 2.45) is 0 Å². The molecule has 1 amide bonds. The summed E-state index contributed by atoms with van der Waals surface area (Å²) >= 11 is 0. The van der Waals surface area contributed by atoms with E-state index in [2.05, 4.69) is 4.74 Å². The third-order valence-corrected chi connectivity index (χ3v) is 3.57. The highest BCUT2D eigenvalue weighted by atomic mass is 19.4. The average Bonchev–Trinajstić information content (AvgIpc) is 2.62. The number of halogens is 3. The van der Waals surface area contributed by atoms with E-state index in [9.17, 15) is 27.6 Å². The number of hydrogen-bond acceptors (Lipinski definition) is 6. The zero-order valence-corrected chi connectivity index (χ0v) is 15.2. The predicted molar refractivity (Wildman–Crippen MR) is 89.7 cm³/mol. The van der Waals surface area contributed by atoms with Crippen molar-refractivity contribution in [3.05, 3.63) is 41.2 Å². The van der Waals surface area contributed by atoms with Gasteiger partial charge in [-0.05, 0) is 19.9 Å². The van der Waals surface area contributed by atoms with E-state index >= 15 is 0 Å². The zero-order valence-electron chi connectivity index (χ0n) is 15.2. The molecule has 0 bridgehead atoms. The molecular formula is C18H18F3NO6. The lowest BCUT2D eigenvalue weighted by molar-refractivity contribution is -0.170. The summed E-state index contributed by atoms with van der Waals surface area (Å²) in [4.78, 5) is 37.1. The van der Waals surface area contributed by atoms with Crippen LogP contribution >= 0.6 is 0 Å². The number of alkyl halides is 3. The maximum absolute atomic E-state index is 12.5. The van der Waals surface area contributed by atoms with Gasteiger partial charge >= 0.3 is 18.1 Å². The van der Waals surface area contributed by atoms with Crippen LogP contribution in [0.4, 0.5) is 13.2 Å². The van der Waals surface area contributed by atoms with Gasteiger partial charge in [0.2, 0.25) is 5.76 Å². The summed E-state index contributed by atoms with van der Waals surface area (Å²) in [5, 5.41) is 0. The molecule has 2 rings (SSSR count). The Morgan fingerprint density at radius 2 is 1.71 bits per heavy atom. The first-order valence-electron chi connectivity index (χ1n) is 8.37. The van der Waals surface area contributed by atoms with Crippen molar-refractivity contribution in [3.8, 4) is 0 Å². The summed E-state index contributed by atoms with van der Waals surface area (Å²) in [6.45, 7) is 1.09. The molecule has 0 aliphatic carbocycles. The van der Waals surface area contributed by atoms with E-state index in [4.69, 9.17) is 9.47 Å². The van der Waals surface area contributed by atoms with E-state index < -0.39 is 42.9 Å². The summed E-state index contributed by atoms with van der Waals surface area (Å²) in [6.07, 6.45) is -4.67. The summed E-state index contributed by atoms with van der Waals surface area (Å²) in [5.41, 5.74) is 0.0294. The maximum Gasteiger partial charge on any atom is 0.422 e. The molecule has 10 heteroatoms. The van der Waals surface area contributed by atoms with E-state index in [-0.39, 0.29) is 30.0 Å². The van der Waals surface area contributed by atoms with Crippen LogP contribution in [0, 0.1) is 0 Å². The largest absolute Gasteiger partial charge is 0.477 e. The smallest absolute Gasteiger partial charge is 0.422 e. The molecule has 0 saturated carbocycles. The van der Waals surface area contributed by atoms with Crippen molar-refractivity contribution in [2.75, 3.05) is 26.4 Å². The molecule has 1 aromatic rings. The number of nitrogens with zero attached hydrogens (tertiary/aromatic N) is 1. The third kappa shape index (κ3) is 4.81. The van der Waals surface area contributed by atoms with Gasteiger partial charge in [0.15, 0.2) is 6.61 Å². The van der Waals surface area contributed by atoms with Crippen LogP contribution in [-0.2, 0) is 23.8 Å². The van der Waals surface area contributed by atoms with Crippen molar-refractivity contribution in [2.45, 2.75) is 20.0 Å². The number of esters is 2. The highest BCUT2D eigenvalue weighted by Crippen LogP contribution is 2.37. The second kappa shape index (κ2) is 8.77. The maximum atomic E-state index is 12.5. The second-order valence-corrected chi connectivity index (χ2v) is 5.54. The molecule has 0 atom stereocenters. The van der Waals surface area contributed by atoms with Crippen LogP contribution in [0.3, 0.4) is 0 Å². The summed E-state index contributed by atoms with van der Waals surface area (Å²) in [5.74, 6) is -2.97. The first-order chi connectivity index (χ1) is 13.2. The molecule has 7 nitrogen and oxygen atoms in total. The molecule has 28 heavy (non-hydrogen) atoms. The van der Waals surface area contributed by atoms with Gasteiger partial charge in [-0.3, -0.25) is 14.5 Å². The standard InChI is InChI=1S/C18H18F3NO6/c1-3-26-13(23)9-22-14(15(16(22)24)28-10-18(19,20)21)11-7-5-6-8-12(11)17(25)27-4-2/h5-8H,3-4,9-10H2,1-2H3. The van der Waals surface area contributed by atoms with Gasteiger partial charge in [-0.2, -0.15) is 13.2 Å². The Kier molecular flexibility index (Phi) is 6.66. The van der Waals surface area contributed by atoms with Gasteiger partial charge in [0, 0.05) is 5.56 Å². The Labute approximate surface area is 158 Å². The number of ether oxygens (including phenoxy) is 3. The Balaban J connectivity index is 2.46. The number of amides is 1. The minimum atomic E-state index is -4.67. The van der Waals surface area contributed by atoms with Gasteiger partial charge in [0.05, 0.1) is 18.8 Å². The van der Waals surface area contributed by atoms with Crippen LogP contribution in [0.5, 0.6) is 0 Å². The molecule has 152 valence electrons. The van der Waals surface area contributed by atoms with Crippen LogP contribution in [-0.4, -0.2) is 55.3 Å². The lowest BCUT2D eigenvalue weighted by Crippen LogP contribution is -2.46. The van der Waals surface area contributed by atoms with Gasteiger partial charge in [-0.1, -0.05) is 18.2 Å². The Bertz CT molecular complexity index is 803. The molecule has 0 N–H and O–H groups in total. The van der Waals surface area contributed by atoms with Crippen LogP contribution in [0.1, 0.15) is 29.8 Å². The summed E-state index contributed by atoms with van der Waals surface area (Å²) < 4.78 is 52.0. The molecule has 1 aromatic carbocycles. The summed E-state index contributed by atoms with van der Waals surface area (Å²) in [7, 11) is 0. The number of carbonyl (C=O) groups is 3. The van der Waals surface area contributed by atoms with Gasteiger partial charge in [0.1, 0.15) is 12.2 Å². The van der Waals surface area contributed by atoms with Gasteiger partial charge in [-0.25, -0.2) is 4.79 Å². The predicted octanol–water partition coefficient (Wildman–Crippen LogP) is 2.52. The van der Waals surface area contributed by atoms with Crippen LogP contribution in [0.15, 0.2) is 30.0 Å². The Hall–Kier alpha value is -3.04. The van der Waals surface area contributed by atoms with Crippen molar-refractivity contribution in [1.82, 2.24) is 4.90 Å². The number of hydrogen-bond donors (Lipinski definition) is 0. The van der Waals surface area contributed by atoms with Gasteiger partial charge in [0.25, 0.3) is 5.91 Å². The molecule has 0 aromatic heterocycles. The van der Waals surface area contributed by atoms with E-state index in [0.717, 1.165) is 4.90 Å². The molecular weight excluding hydrogens is 383 g/mol.